The average Bonchev–Trinajstić information content (AvgIpc) is 2.74. The Labute approximate surface area is 178 Å². The van der Waals surface area contributed by atoms with Crippen molar-refractivity contribution >= 4 is 11.8 Å². The third-order valence-corrected chi connectivity index (χ3v) is 4.86. The molecule has 2 amide bonds. The maximum Gasteiger partial charge on any atom is 0.261 e. The summed E-state index contributed by atoms with van der Waals surface area (Å²) >= 11 is 0. The van der Waals surface area contributed by atoms with Crippen molar-refractivity contribution in [2.75, 3.05) is 13.2 Å². The van der Waals surface area contributed by atoms with Crippen LogP contribution in [-0.4, -0.2) is 35.9 Å². The lowest BCUT2D eigenvalue weighted by Gasteiger charge is -2.30. The van der Waals surface area contributed by atoms with Crippen molar-refractivity contribution in [2.45, 2.75) is 52.6 Å². The Balaban J connectivity index is 2.15. The Hall–Kier alpha value is -2.89. The largest absolute Gasteiger partial charge is 0.484 e. The van der Waals surface area contributed by atoms with Gasteiger partial charge in [-0.1, -0.05) is 50.1 Å². The van der Waals surface area contributed by atoms with E-state index in [1.807, 2.05) is 38.1 Å². The lowest BCUT2D eigenvalue weighted by atomic mass is 10.1. The number of hydrogen-bond acceptors (Lipinski definition) is 3. The predicted octanol–water partition coefficient (Wildman–Crippen LogP) is 4.24. The van der Waals surface area contributed by atoms with Crippen LogP contribution in [0.4, 0.5) is 4.39 Å². The van der Waals surface area contributed by atoms with E-state index < -0.39 is 6.04 Å². The van der Waals surface area contributed by atoms with E-state index in [9.17, 15) is 14.0 Å². The molecule has 2 rings (SSSR count). The van der Waals surface area contributed by atoms with E-state index in [4.69, 9.17) is 4.74 Å². The van der Waals surface area contributed by atoms with Crippen molar-refractivity contribution in [2.24, 2.45) is 0 Å². The first-order chi connectivity index (χ1) is 14.4. The highest BCUT2D eigenvalue weighted by molar-refractivity contribution is 5.88. The Morgan fingerprint density at radius 3 is 2.33 bits per heavy atom. The zero-order valence-corrected chi connectivity index (χ0v) is 18.0. The van der Waals surface area contributed by atoms with E-state index in [0.717, 1.165) is 24.0 Å². The molecule has 0 aliphatic heterocycles. The number of ether oxygens (including phenoxy) is 1. The van der Waals surface area contributed by atoms with Crippen LogP contribution in [0.1, 0.15) is 44.2 Å². The number of nitrogens with zero attached hydrogens (tertiary/aromatic N) is 1. The minimum absolute atomic E-state index is 0.159. The summed E-state index contributed by atoms with van der Waals surface area (Å²) in [6, 6.07) is 12.8. The molecule has 5 nitrogen and oxygen atoms in total. The van der Waals surface area contributed by atoms with E-state index in [0.29, 0.717) is 25.3 Å². The van der Waals surface area contributed by atoms with Gasteiger partial charge in [-0.3, -0.25) is 9.59 Å². The molecule has 162 valence electrons. The third kappa shape index (κ3) is 7.17. The highest BCUT2D eigenvalue weighted by atomic mass is 19.1. The number of carbonyl (C=O) groups is 2. The van der Waals surface area contributed by atoms with Gasteiger partial charge in [0.1, 0.15) is 17.6 Å². The van der Waals surface area contributed by atoms with Crippen molar-refractivity contribution in [3.05, 3.63) is 65.5 Å². The molecule has 2 aromatic carbocycles. The predicted molar refractivity (Wildman–Crippen MR) is 116 cm³/mol. The quantitative estimate of drug-likeness (QED) is 0.560. The number of hydrogen-bond donors (Lipinski definition) is 1. The molecule has 0 fully saturated rings. The monoisotopic (exact) mass is 414 g/mol. The number of benzene rings is 2. The van der Waals surface area contributed by atoms with E-state index in [1.165, 1.54) is 24.3 Å². The van der Waals surface area contributed by atoms with E-state index >= 15 is 0 Å². The van der Waals surface area contributed by atoms with Crippen LogP contribution in [0.25, 0.3) is 0 Å². The first-order valence-electron chi connectivity index (χ1n) is 10.5. The molecule has 0 saturated carbocycles. The van der Waals surface area contributed by atoms with Gasteiger partial charge in [0.25, 0.3) is 5.91 Å². The molecular weight excluding hydrogens is 383 g/mol. The highest BCUT2D eigenvalue weighted by Crippen LogP contribution is 2.15. The van der Waals surface area contributed by atoms with E-state index in [1.54, 1.807) is 4.90 Å². The molecular formula is C24H31FN2O3. The van der Waals surface area contributed by atoms with Crippen LogP contribution in [0.15, 0.2) is 48.5 Å². The van der Waals surface area contributed by atoms with Crippen LogP contribution < -0.4 is 10.1 Å². The molecule has 30 heavy (non-hydrogen) atoms. The molecule has 0 spiro atoms. The molecule has 2 aromatic rings. The number of unbranched alkanes of at least 4 members (excludes halogenated alkanes) is 1. The molecule has 1 atom stereocenters. The van der Waals surface area contributed by atoms with Gasteiger partial charge in [0.2, 0.25) is 5.91 Å². The van der Waals surface area contributed by atoms with Crippen molar-refractivity contribution in [1.82, 2.24) is 10.2 Å². The summed E-state index contributed by atoms with van der Waals surface area (Å²) in [5, 5.41) is 2.93. The third-order valence-electron chi connectivity index (χ3n) is 4.86. The van der Waals surface area contributed by atoms with Crippen LogP contribution in [-0.2, 0) is 16.1 Å². The van der Waals surface area contributed by atoms with Gasteiger partial charge in [-0.15, -0.1) is 0 Å². The SMILES string of the molecule is CCCCNC(=O)[C@@H](CC)N(Cc1ccc(C)cc1)C(=O)COc1ccc(F)cc1. The van der Waals surface area contributed by atoms with Gasteiger partial charge in [-0.2, -0.15) is 0 Å². The highest BCUT2D eigenvalue weighted by Gasteiger charge is 2.28. The van der Waals surface area contributed by atoms with Gasteiger partial charge >= 0.3 is 0 Å². The summed E-state index contributed by atoms with van der Waals surface area (Å²) in [7, 11) is 0. The Kier molecular flexibility index (Phi) is 9.32. The zero-order valence-electron chi connectivity index (χ0n) is 18.0. The topological polar surface area (TPSA) is 58.6 Å². The minimum Gasteiger partial charge on any atom is -0.484 e. The van der Waals surface area contributed by atoms with Crippen LogP contribution in [0.2, 0.25) is 0 Å². The molecule has 0 aromatic heterocycles. The fourth-order valence-electron chi connectivity index (χ4n) is 3.07. The van der Waals surface area contributed by atoms with Gasteiger partial charge in [-0.05, 0) is 49.6 Å². The van der Waals surface area contributed by atoms with Gasteiger partial charge in [0.15, 0.2) is 6.61 Å². The average molecular weight is 415 g/mol. The molecule has 0 heterocycles. The summed E-state index contributed by atoms with van der Waals surface area (Å²) in [4.78, 5) is 27.4. The zero-order chi connectivity index (χ0) is 21.9. The van der Waals surface area contributed by atoms with Gasteiger partial charge in [0.05, 0.1) is 0 Å². The summed E-state index contributed by atoms with van der Waals surface area (Å²) in [6.45, 7) is 6.62. The number of halogens is 1. The molecule has 0 saturated heterocycles. The second kappa shape index (κ2) is 12.0. The molecule has 0 unspecified atom stereocenters. The maximum atomic E-state index is 13.1. The number of nitrogens with one attached hydrogen (secondary N) is 1. The second-order valence-electron chi connectivity index (χ2n) is 7.32. The van der Waals surface area contributed by atoms with Crippen molar-refractivity contribution in [3.8, 4) is 5.75 Å². The first kappa shape index (κ1) is 23.4. The Morgan fingerprint density at radius 2 is 1.73 bits per heavy atom. The molecule has 0 bridgehead atoms. The van der Waals surface area contributed by atoms with Gasteiger partial charge < -0.3 is 15.0 Å². The molecule has 0 aliphatic carbocycles. The van der Waals surface area contributed by atoms with Crippen molar-refractivity contribution < 1.29 is 18.7 Å². The lowest BCUT2D eigenvalue weighted by Crippen LogP contribution is -2.50. The van der Waals surface area contributed by atoms with Crippen LogP contribution in [0.5, 0.6) is 5.75 Å². The number of amides is 2. The van der Waals surface area contributed by atoms with Gasteiger partial charge in [-0.25, -0.2) is 4.39 Å². The summed E-state index contributed by atoms with van der Waals surface area (Å²) in [5.41, 5.74) is 2.07. The van der Waals surface area contributed by atoms with Crippen molar-refractivity contribution in [1.29, 1.82) is 0 Å². The fraction of sp³-hybridized carbons (Fsp3) is 0.417. The standard InChI is InChI=1S/C24H31FN2O3/c1-4-6-15-26-24(29)22(5-2)27(16-19-9-7-18(3)8-10-19)23(28)17-30-21-13-11-20(25)12-14-21/h7-14,22H,4-6,15-17H2,1-3H3,(H,26,29)/t22-/m1/s1. The maximum absolute atomic E-state index is 13.1. The smallest absolute Gasteiger partial charge is 0.261 e. The van der Waals surface area contributed by atoms with Gasteiger partial charge in [0, 0.05) is 13.1 Å². The van der Waals surface area contributed by atoms with Crippen LogP contribution in [0, 0.1) is 12.7 Å². The first-order valence-corrected chi connectivity index (χ1v) is 10.5. The lowest BCUT2D eigenvalue weighted by molar-refractivity contribution is -0.143. The van der Waals surface area contributed by atoms with E-state index in [2.05, 4.69) is 12.2 Å². The summed E-state index contributed by atoms with van der Waals surface area (Å²) in [5.74, 6) is -0.421. The minimum atomic E-state index is -0.590. The normalized spacial score (nSPS) is 11.6. The summed E-state index contributed by atoms with van der Waals surface area (Å²) < 4.78 is 18.6. The van der Waals surface area contributed by atoms with Crippen LogP contribution in [0.3, 0.4) is 0 Å². The van der Waals surface area contributed by atoms with Crippen LogP contribution >= 0.6 is 0 Å². The Morgan fingerprint density at radius 1 is 1.07 bits per heavy atom. The molecule has 1 N–H and O–H groups in total. The number of rotatable bonds is 11. The molecule has 0 radical (unpaired) electrons. The van der Waals surface area contributed by atoms with E-state index in [-0.39, 0.29) is 24.2 Å². The molecule has 0 aliphatic rings. The fourth-order valence-corrected chi connectivity index (χ4v) is 3.07. The molecule has 6 heteroatoms. The second-order valence-corrected chi connectivity index (χ2v) is 7.32. The van der Waals surface area contributed by atoms with Crippen molar-refractivity contribution in [3.63, 3.8) is 0 Å². The Bertz CT molecular complexity index is 806. The number of aryl methyl sites for hydroxylation is 1. The number of carbonyl (C=O) groups excluding carboxylic acids is 2. The summed E-state index contributed by atoms with van der Waals surface area (Å²) in [6.07, 6.45) is 2.36.